The van der Waals surface area contributed by atoms with Crippen LogP contribution in [0.5, 0.6) is 0 Å². The number of hydrogen-bond acceptors (Lipinski definition) is 12. The van der Waals surface area contributed by atoms with Crippen molar-refractivity contribution in [2.45, 2.75) is 11.3 Å². The number of carboxylic acid groups (broad SMARTS) is 1. The fourth-order valence-electron chi connectivity index (χ4n) is 3.66. The van der Waals surface area contributed by atoms with Gasteiger partial charge in [0, 0.05) is 27.7 Å². The van der Waals surface area contributed by atoms with Gasteiger partial charge in [-0.2, -0.15) is 11.8 Å². The number of thiazole rings is 1. The number of aromatic nitrogens is 1. The van der Waals surface area contributed by atoms with Crippen molar-refractivity contribution in [2.24, 2.45) is 11.1 Å². The molecule has 34 heavy (non-hydrogen) atoms. The Balaban J connectivity index is 1.47. The third-order valence-corrected chi connectivity index (χ3v) is 8.27. The number of aliphatic carboxylic acids is 1. The lowest BCUT2D eigenvalue weighted by Crippen LogP contribution is -2.66. The molecule has 0 aromatic carbocycles. The van der Waals surface area contributed by atoms with Crippen LogP contribution in [0.15, 0.2) is 44.5 Å². The summed E-state index contributed by atoms with van der Waals surface area (Å²) in [7, 11) is 1.27. The molecule has 1 aliphatic heterocycles. The Labute approximate surface area is 205 Å². The standard InChI is InChI=1S/C20H18N4O7S3/c1-30-24-13(9-7-34-20(21)22-9)17(26)23-14-15(25)12-11(18(27)28)8(5-32-16(12)14)6-33-19(29)10-3-2-4-31-10/h2-4,7,12,14,16H,5-6H2,1H3,(H2,21,22)(H,23,26)(H,27,28)/b24-13-/t12?,14-,16?/m1/s1. The van der Waals surface area contributed by atoms with Crippen molar-refractivity contribution in [1.82, 2.24) is 10.3 Å². The van der Waals surface area contributed by atoms with Gasteiger partial charge in [0.25, 0.3) is 11.0 Å². The third kappa shape index (κ3) is 4.60. The second-order valence-electron chi connectivity index (χ2n) is 7.18. The molecule has 14 heteroatoms. The number of amides is 1. The van der Waals surface area contributed by atoms with Crippen molar-refractivity contribution < 1.29 is 33.5 Å². The van der Waals surface area contributed by atoms with Gasteiger partial charge in [-0.25, -0.2) is 9.78 Å². The number of rotatable bonds is 8. The quantitative estimate of drug-likeness (QED) is 0.338. The van der Waals surface area contributed by atoms with Gasteiger partial charge in [-0.1, -0.05) is 16.9 Å². The molecule has 4 N–H and O–H groups in total. The predicted octanol–water partition coefficient (Wildman–Crippen LogP) is 1.42. The number of nitrogen functional groups attached to an aromatic ring is 1. The Hall–Kier alpha value is -3.10. The number of carbonyl (C=O) groups excluding carboxylic acids is 3. The molecule has 2 aromatic heterocycles. The van der Waals surface area contributed by atoms with Crippen LogP contribution in [-0.2, 0) is 19.2 Å². The van der Waals surface area contributed by atoms with E-state index in [1.54, 1.807) is 6.07 Å². The van der Waals surface area contributed by atoms with Crippen molar-refractivity contribution in [1.29, 1.82) is 0 Å². The smallest absolute Gasteiger partial charge is 0.332 e. The van der Waals surface area contributed by atoms with Crippen molar-refractivity contribution >= 4 is 68.5 Å². The molecule has 2 unspecified atom stereocenters. The van der Waals surface area contributed by atoms with Crippen LogP contribution in [0.25, 0.3) is 0 Å². The number of nitrogens with two attached hydrogens (primary N) is 1. The number of fused-ring (bicyclic) bond motifs is 1. The van der Waals surface area contributed by atoms with E-state index in [1.165, 1.54) is 36.6 Å². The molecule has 0 saturated heterocycles. The first kappa shape index (κ1) is 24.0. The topological polar surface area (TPSA) is 174 Å². The number of Topliss-reactive ketones (excluding diaryl/α,β-unsaturated/α-hetero) is 1. The van der Waals surface area contributed by atoms with E-state index in [4.69, 9.17) is 15.0 Å². The van der Waals surface area contributed by atoms with Gasteiger partial charge in [0.05, 0.1) is 12.2 Å². The van der Waals surface area contributed by atoms with Crippen molar-refractivity contribution in [3.63, 3.8) is 0 Å². The van der Waals surface area contributed by atoms with Gasteiger partial charge < -0.3 is 25.4 Å². The molecule has 3 heterocycles. The Morgan fingerprint density at radius 2 is 2.24 bits per heavy atom. The first-order chi connectivity index (χ1) is 16.3. The number of carboxylic acids is 1. The van der Waals surface area contributed by atoms with E-state index < -0.39 is 34.9 Å². The third-order valence-electron chi connectivity index (χ3n) is 5.19. The number of carbonyl (C=O) groups is 4. The van der Waals surface area contributed by atoms with E-state index in [2.05, 4.69) is 15.5 Å². The van der Waals surface area contributed by atoms with E-state index in [0.29, 0.717) is 11.3 Å². The summed E-state index contributed by atoms with van der Waals surface area (Å²) < 4.78 is 5.07. The lowest BCUT2D eigenvalue weighted by molar-refractivity contribution is -0.139. The second-order valence-corrected chi connectivity index (χ2v) is 10.2. The highest BCUT2D eigenvalue weighted by Gasteiger charge is 2.56. The zero-order valence-corrected chi connectivity index (χ0v) is 20.0. The maximum atomic E-state index is 12.9. The van der Waals surface area contributed by atoms with Gasteiger partial charge >= 0.3 is 5.97 Å². The van der Waals surface area contributed by atoms with Crippen LogP contribution in [0.2, 0.25) is 0 Å². The number of nitrogens with one attached hydrogen (secondary N) is 1. The molecule has 4 rings (SSSR count). The van der Waals surface area contributed by atoms with Crippen molar-refractivity contribution in [3.8, 4) is 0 Å². The summed E-state index contributed by atoms with van der Waals surface area (Å²) in [5.74, 6) is -2.60. The van der Waals surface area contributed by atoms with Crippen LogP contribution >= 0.6 is 34.9 Å². The lowest BCUT2D eigenvalue weighted by Gasteiger charge is -2.46. The largest absolute Gasteiger partial charge is 0.478 e. The van der Waals surface area contributed by atoms with E-state index in [-0.39, 0.29) is 38.7 Å². The maximum Gasteiger partial charge on any atom is 0.332 e. The van der Waals surface area contributed by atoms with Crippen LogP contribution in [0.3, 0.4) is 0 Å². The zero-order valence-electron chi connectivity index (χ0n) is 17.5. The van der Waals surface area contributed by atoms with Crippen LogP contribution in [0, 0.1) is 5.92 Å². The average Bonchev–Trinajstić information content (AvgIpc) is 3.50. The Bertz CT molecular complexity index is 1200. The van der Waals surface area contributed by atoms with Crippen LogP contribution in [0.1, 0.15) is 16.2 Å². The molecule has 11 nitrogen and oxygen atoms in total. The number of anilines is 1. The SMILES string of the molecule is CO/N=C(\C(=O)N[C@@H]1C(=O)C2C(C(=O)O)=C(CSC(=O)c3ccco3)CSC21)c1csc(N)n1. The minimum absolute atomic E-state index is 0.0166. The number of thioether (sulfide) groups is 2. The Morgan fingerprint density at radius 1 is 1.44 bits per heavy atom. The fraction of sp³-hybridized carbons (Fsp3) is 0.300. The molecule has 1 aliphatic carbocycles. The molecule has 0 bridgehead atoms. The summed E-state index contributed by atoms with van der Waals surface area (Å²) >= 11 is 3.40. The minimum atomic E-state index is -1.21. The monoisotopic (exact) mass is 522 g/mol. The summed E-state index contributed by atoms with van der Waals surface area (Å²) in [6, 6.07) is 2.22. The van der Waals surface area contributed by atoms with E-state index in [9.17, 15) is 24.3 Å². The predicted molar refractivity (Wildman–Crippen MR) is 127 cm³/mol. The summed E-state index contributed by atoms with van der Waals surface area (Å²) in [5.41, 5.74) is 6.17. The zero-order chi connectivity index (χ0) is 24.4. The highest BCUT2D eigenvalue weighted by Crippen LogP contribution is 2.46. The fourth-order valence-corrected chi connectivity index (χ4v) is 6.67. The molecule has 0 radical (unpaired) electrons. The lowest BCUT2D eigenvalue weighted by atomic mass is 9.71. The van der Waals surface area contributed by atoms with Gasteiger partial charge in [-0.05, 0) is 17.7 Å². The van der Waals surface area contributed by atoms with Gasteiger partial charge in [0.1, 0.15) is 18.8 Å². The first-order valence-electron chi connectivity index (χ1n) is 9.76. The Morgan fingerprint density at radius 3 is 2.85 bits per heavy atom. The van der Waals surface area contributed by atoms with Crippen LogP contribution in [-0.4, -0.2) is 68.5 Å². The second kappa shape index (κ2) is 10.0. The van der Waals surface area contributed by atoms with E-state index >= 15 is 0 Å². The normalized spacial score (nSPS) is 22.1. The number of hydrogen-bond donors (Lipinski definition) is 3. The summed E-state index contributed by atoms with van der Waals surface area (Å²) in [5, 5.41) is 17.1. The molecule has 2 aliphatic rings. The van der Waals surface area contributed by atoms with Gasteiger partial charge in [-0.15, -0.1) is 11.3 Å². The van der Waals surface area contributed by atoms with Gasteiger partial charge in [0.2, 0.25) is 0 Å². The molecule has 1 saturated carbocycles. The summed E-state index contributed by atoms with van der Waals surface area (Å²) in [6.45, 7) is 0. The number of furan rings is 1. The van der Waals surface area contributed by atoms with E-state index in [0.717, 1.165) is 23.1 Å². The summed E-state index contributed by atoms with van der Waals surface area (Å²) in [6.07, 6.45) is 1.38. The molecule has 3 atom stereocenters. The van der Waals surface area contributed by atoms with Gasteiger partial charge in [0.15, 0.2) is 22.4 Å². The number of oxime groups is 1. The summed E-state index contributed by atoms with van der Waals surface area (Å²) in [4.78, 5) is 58.7. The first-order valence-corrected chi connectivity index (χ1v) is 12.7. The van der Waals surface area contributed by atoms with Crippen LogP contribution in [0.4, 0.5) is 5.13 Å². The molecule has 2 aromatic rings. The van der Waals surface area contributed by atoms with Crippen LogP contribution < -0.4 is 11.1 Å². The molecule has 1 fully saturated rings. The number of ketones is 1. The molecular formula is C20H18N4O7S3. The highest BCUT2D eigenvalue weighted by molar-refractivity contribution is 8.14. The maximum absolute atomic E-state index is 12.9. The molecule has 178 valence electrons. The van der Waals surface area contributed by atoms with Gasteiger partial charge in [-0.3, -0.25) is 14.4 Å². The average molecular weight is 523 g/mol. The molecule has 1 amide bonds. The van der Waals surface area contributed by atoms with Crippen molar-refractivity contribution in [3.05, 3.63) is 46.4 Å². The molecular weight excluding hydrogens is 504 g/mol. The van der Waals surface area contributed by atoms with Crippen molar-refractivity contribution in [2.75, 3.05) is 24.3 Å². The molecule has 0 spiro atoms. The Kier molecular flexibility index (Phi) is 7.09. The number of nitrogens with zero attached hydrogens (tertiary/aromatic N) is 2. The van der Waals surface area contributed by atoms with E-state index in [1.807, 2.05) is 0 Å². The highest BCUT2D eigenvalue weighted by atomic mass is 32.2. The minimum Gasteiger partial charge on any atom is -0.478 e.